The molecule has 1 fully saturated rings. The molecular weight excluding hydrogens is 214 g/mol. The molecule has 2 heterocycles. The van der Waals surface area contributed by atoms with Gasteiger partial charge in [-0.3, -0.25) is 0 Å². The smallest absolute Gasteiger partial charge is 0.159 e. The molecule has 0 spiro atoms. The fourth-order valence-electron chi connectivity index (χ4n) is 2.11. The molecule has 1 aromatic heterocycles. The normalized spacial score (nSPS) is 23.9. The fourth-order valence-corrected chi connectivity index (χ4v) is 2.11. The third-order valence-corrected chi connectivity index (χ3v) is 3.04. The predicted octanol–water partition coefficient (Wildman–Crippen LogP) is 2.71. The van der Waals surface area contributed by atoms with E-state index in [4.69, 9.17) is 4.74 Å². The molecule has 0 amide bonds. The van der Waals surface area contributed by atoms with Gasteiger partial charge in [0.1, 0.15) is 11.9 Å². The highest BCUT2D eigenvalue weighted by Crippen LogP contribution is 2.31. The van der Waals surface area contributed by atoms with E-state index in [-0.39, 0.29) is 6.10 Å². The molecule has 1 saturated heterocycles. The zero-order valence-electron chi connectivity index (χ0n) is 10.9. The first-order valence-electron chi connectivity index (χ1n) is 6.50. The highest BCUT2D eigenvalue weighted by molar-refractivity contribution is 5.36. The van der Waals surface area contributed by atoms with Crippen LogP contribution < -0.4 is 5.32 Å². The van der Waals surface area contributed by atoms with Crippen LogP contribution in [0.3, 0.4) is 0 Å². The summed E-state index contributed by atoms with van der Waals surface area (Å²) >= 11 is 0. The van der Waals surface area contributed by atoms with Crippen LogP contribution in [0, 0.1) is 0 Å². The topological polar surface area (TPSA) is 47.0 Å². The van der Waals surface area contributed by atoms with Crippen molar-refractivity contribution in [3.05, 3.63) is 17.6 Å². The van der Waals surface area contributed by atoms with Crippen LogP contribution in [0.2, 0.25) is 0 Å². The fraction of sp³-hybridized carbons (Fsp3) is 0.692. The number of hydrogen-bond donors (Lipinski definition) is 1. The van der Waals surface area contributed by atoms with Crippen LogP contribution in [0.5, 0.6) is 0 Å². The van der Waals surface area contributed by atoms with Gasteiger partial charge in [-0.2, -0.15) is 0 Å². The predicted molar refractivity (Wildman–Crippen MR) is 68.1 cm³/mol. The summed E-state index contributed by atoms with van der Waals surface area (Å²) in [7, 11) is 0. The molecule has 0 aromatic carbocycles. The lowest BCUT2D eigenvalue weighted by atomic mass is 10.2. The van der Waals surface area contributed by atoms with E-state index in [1.54, 1.807) is 0 Å². The second-order valence-electron chi connectivity index (χ2n) is 4.50. The van der Waals surface area contributed by atoms with E-state index in [0.717, 1.165) is 43.1 Å². The van der Waals surface area contributed by atoms with Crippen molar-refractivity contribution in [1.29, 1.82) is 0 Å². The summed E-state index contributed by atoms with van der Waals surface area (Å²) in [6.45, 7) is 7.16. The average molecular weight is 235 g/mol. The van der Waals surface area contributed by atoms with E-state index in [9.17, 15) is 0 Å². The van der Waals surface area contributed by atoms with Gasteiger partial charge in [-0.1, -0.05) is 6.92 Å². The minimum absolute atomic E-state index is 0.0777. The van der Waals surface area contributed by atoms with Crippen LogP contribution in [-0.2, 0) is 11.2 Å². The number of nitrogens with one attached hydrogen (secondary N) is 1. The third kappa shape index (κ3) is 2.94. The highest BCUT2D eigenvalue weighted by atomic mass is 16.5. The van der Waals surface area contributed by atoms with Crippen LogP contribution in [0.4, 0.5) is 5.82 Å². The Hall–Kier alpha value is -1.16. The van der Waals surface area contributed by atoms with Gasteiger partial charge in [0.05, 0.1) is 6.10 Å². The lowest BCUT2D eigenvalue weighted by Gasteiger charge is -2.13. The minimum Gasteiger partial charge on any atom is -0.370 e. The first-order valence-corrected chi connectivity index (χ1v) is 6.50. The molecule has 1 N–H and O–H groups in total. The summed E-state index contributed by atoms with van der Waals surface area (Å²) in [5, 5.41) is 3.25. The highest BCUT2D eigenvalue weighted by Gasteiger charge is 2.26. The van der Waals surface area contributed by atoms with Gasteiger partial charge in [-0.25, -0.2) is 9.97 Å². The van der Waals surface area contributed by atoms with Crippen LogP contribution >= 0.6 is 0 Å². The second kappa shape index (κ2) is 5.45. The molecule has 0 bridgehead atoms. The zero-order valence-corrected chi connectivity index (χ0v) is 10.9. The number of ether oxygens (including phenoxy) is 1. The van der Waals surface area contributed by atoms with Gasteiger partial charge in [-0.05, 0) is 33.1 Å². The molecule has 1 aliphatic heterocycles. The van der Waals surface area contributed by atoms with E-state index in [1.807, 2.05) is 6.07 Å². The van der Waals surface area contributed by atoms with E-state index in [0.29, 0.717) is 6.10 Å². The first-order chi connectivity index (χ1) is 8.22. The van der Waals surface area contributed by atoms with Gasteiger partial charge < -0.3 is 10.1 Å². The molecule has 2 rings (SSSR count). The summed E-state index contributed by atoms with van der Waals surface area (Å²) in [5.41, 5.74) is 1.08. The maximum Gasteiger partial charge on any atom is 0.159 e. The molecule has 0 aliphatic carbocycles. The van der Waals surface area contributed by atoms with Gasteiger partial charge in [-0.15, -0.1) is 0 Å². The van der Waals surface area contributed by atoms with Crippen LogP contribution in [0.25, 0.3) is 0 Å². The molecule has 1 aliphatic rings. The number of aromatic nitrogens is 2. The maximum atomic E-state index is 5.83. The summed E-state index contributed by atoms with van der Waals surface area (Å²) in [6.07, 6.45) is 3.46. The van der Waals surface area contributed by atoms with Gasteiger partial charge in [0.2, 0.25) is 0 Å². The van der Waals surface area contributed by atoms with Crippen LogP contribution in [-0.4, -0.2) is 22.6 Å². The van der Waals surface area contributed by atoms with Crippen molar-refractivity contribution in [2.24, 2.45) is 0 Å². The van der Waals surface area contributed by atoms with Crippen molar-refractivity contribution in [1.82, 2.24) is 9.97 Å². The third-order valence-electron chi connectivity index (χ3n) is 3.04. The average Bonchev–Trinajstić information content (AvgIpc) is 2.76. The van der Waals surface area contributed by atoms with E-state index < -0.39 is 0 Å². The van der Waals surface area contributed by atoms with E-state index in [2.05, 4.69) is 36.1 Å². The number of anilines is 1. The number of rotatable bonds is 4. The van der Waals surface area contributed by atoms with Crippen molar-refractivity contribution in [3.8, 4) is 0 Å². The van der Waals surface area contributed by atoms with Crippen molar-refractivity contribution in [2.45, 2.75) is 52.2 Å². The molecule has 17 heavy (non-hydrogen) atoms. The van der Waals surface area contributed by atoms with Gasteiger partial charge in [0, 0.05) is 18.3 Å². The molecular formula is C13H21N3O. The van der Waals surface area contributed by atoms with E-state index >= 15 is 0 Å². The van der Waals surface area contributed by atoms with E-state index in [1.165, 1.54) is 0 Å². The van der Waals surface area contributed by atoms with Gasteiger partial charge >= 0.3 is 0 Å². The van der Waals surface area contributed by atoms with Gasteiger partial charge in [0.15, 0.2) is 5.82 Å². The molecule has 4 heteroatoms. The zero-order chi connectivity index (χ0) is 12.3. The molecule has 0 saturated carbocycles. The lowest BCUT2D eigenvalue weighted by molar-refractivity contribution is 0.0502. The minimum atomic E-state index is 0.0777. The number of nitrogens with zero attached hydrogens (tertiary/aromatic N) is 2. The van der Waals surface area contributed by atoms with Crippen molar-refractivity contribution in [2.75, 3.05) is 11.9 Å². The Kier molecular flexibility index (Phi) is 3.94. The molecule has 1 aromatic rings. The van der Waals surface area contributed by atoms with Crippen molar-refractivity contribution >= 4 is 5.82 Å². The SMILES string of the molecule is CCNc1cc(CC)nc(C2CCC(C)O2)n1. The molecule has 0 radical (unpaired) electrons. The van der Waals surface area contributed by atoms with Crippen molar-refractivity contribution in [3.63, 3.8) is 0 Å². The number of aryl methyl sites for hydroxylation is 1. The molecule has 2 atom stereocenters. The Morgan fingerprint density at radius 3 is 2.76 bits per heavy atom. The van der Waals surface area contributed by atoms with Gasteiger partial charge in [0.25, 0.3) is 0 Å². The Morgan fingerprint density at radius 2 is 2.18 bits per heavy atom. The van der Waals surface area contributed by atoms with Crippen molar-refractivity contribution < 1.29 is 4.74 Å². The Morgan fingerprint density at radius 1 is 1.35 bits per heavy atom. The second-order valence-corrected chi connectivity index (χ2v) is 4.50. The summed E-state index contributed by atoms with van der Waals surface area (Å²) < 4.78 is 5.83. The largest absolute Gasteiger partial charge is 0.370 e. The van der Waals surface area contributed by atoms with Crippen LogP contribution in [0.1, 0.15) is 51.2 Å². The monoisotopic (exact) mass is 235 g/mol. The quantitative estimate of drug-likeness (QED) is 0.871. The maximum absolute atomic E-state index is 5.83. The lowest BCUT2D eigenvalue weighted by Crippen LogP contribution is -2.10. The first kappa shape index (κ1) is 12.3. The Balaban J connectivity index is 2.23. The summed E-state index contributed by atoms with van der Waals surface area (Å²) in [6, 6.07) is 2.02. The van der Waals surface area contributed by atoms with Crippen LogP contribution in [0.15, 0.2) is 6.07 Å². The number of hydrogen-bond acceptors (Lipinski definition) is 4. The molecule has 2 unspecified atom stereocenters. The standard InChI is InChI=1S/C13H21N3O/c1-4-10-8-12(14-5-2)16-13(15-10)11-7-6-9(3)17-11/h8-9,11H,4-7H2,1-3H3,(H,14,15,16). The Bertz CT molecular complexity index is 381. The summed E-state index contributed by atoms with van der Waals surface area (Å²) in [5.74, 6) is 1.75. The molecule has 94 valence electrons. The summed E-state index contributed by atoms with van der Waals surface area (Å²) in [4.78, 5) is 9.11. The Labute approximate surface area is 103 Å². The molecule has 4 nitrogen and oxygen atoms in total.